The molecule has 88 valence electrons. The molecule has 5 heteroatoms. The SMILES string of the molecule is CO[C@@H]1CN[C@@H](c2nc(C3CC3C)no2)C1. The van der Waals surface area contributed by atoms with E-state index in [4.69, 9.17) is 9.26 Å². The zero-order valence-electron chi connectivity index (χ0n) is 9.64. The van der Waals surface area contributed by atoms with E-state index in [-0.39, 0.29) is 12.1 Å². The topological polar surface area (TPSA) is 60.2 Å². The number of nitrogens with one attached hydrogen (secondary N) is 1. The van der Waals surface area contributed by atoms with E-state index in [1.807, 2.05) is 0 Å². The third-order valence-corrected chi connectivity index (χ3v) is 3.62. The van der Waals surface area contributed by atoms with Crippen molar-refractivity contribution in [2.75, 3.05) is 13.7 Å². The van der Waals surface area contributed by atoms with Crippen molar-refractivity contribution in [3.05, 3.63) is 11.7 Å². The minimum atomic E-state index is 0.167. The van der Waals surface area contributed by atoms with Crippen molar-refractivity contribution < 1.29 is 9.26 Å². The number of ether oxygens (including phenoxy) is 1. The molecule has 4 atom stereocenters. The molecule has 2 fully saturated rings. The summed E-state index contributed by atoms with van der Waals surface area (Å²) in [6.45, 7) is 3.08. The number of hydrogen-bond acceptors (Lipinski definition) is 5. The summed E-state index contributed by atoms with van der Waals surface area (Å²) in [5.74, 6) is 2.84. The lowest BCUT2D eigenvalue weighted by atomic mass is 10.2. The van der Waals surface area contributed by atoms with Gasteiger partial charge in [0.15, 0.2) is 5.82 Å². The molecule has 1 aliphatic heterocycles. The number of nitrogens with zero attached hydrogens (tertiary/aromatic N) is 2. The van der Waals surface area contributed by atoms with E-state index in [0.717, 1.165) is 18.8 Å². The standard InChI is InChI=1S/C11H17N3O2/c1-6-3-8(6)10-13-11(16-14-10)9-4-7(15-2)5-12-9/h6-9,12H,3-5H2,1-2H3/t6?,7-,8?,9+/m0/s1. The van der Waals surface area contributed by atoms with Gasteiger partial charge >= 0.3 is 0 Å². The fourth-order valence-electron chi connectivity index (χ4n) is 2.29. The van der Waals surface area contributed by atoms with Crippen LogP contribution in [0.25, 0.3) is 0 Å². The average molecular weight is 223 g/mol. The lowest BCUT2D eigenvalue weighted by Crippen LogP contribution is -2.16. The predicted octanol–water partition coefficient (Wildman–Crippen LogP) is 1.24. The average Bonchev–Trinajstić information content (AvgIpc) is 2.80. The molecule has 1 saturated carbocycles. The van der Waals surface area contributed by atoms with Crippen LogP contribution >= 0.6 is 0 Å². The second kappa shape index (κ2) is 3.82. The zero-order valence-corrected chi connectivity index (χ0v) is 9.64. The lowest BCUT2D eigenvalue weighted by Gasteiger charge is -2.04. The number of rotatable bonds is 3. The first kappa shape index (κ1) is 10.2. The third-order valence-electron chi connectivity index (χ3n) is 3.62. The first-order valence-corrected chi connectivity index (χ1v) is 5.87. The highest BCUT2D eigenvalue weighted by Gasteiger charge is 2.39. The molecule has 0 amide bonds. The Kier molecular flexibility index (Phi) is 2.44. The zero-order chi connectivity index (χ0) is 11.1. The van der Waals surface area contributed by atoms with Gasteiger partial charge in [-0.1, -0.05) is 12.1 Å². The Balaban J connectivity index is 1.68. The molecule has 2 unspecified atom stereocenters. The van der Waals surface area contributed by atoms with Gasteiger partial charge in [-0.05, 0) is 18.8 Å². The van der Waals surface area contributed by atoms with Crippen molar-refractivity contribution in [2.45, 2.75) is 37.8 Å². The van der Waals surface area contributed by atoms with Gasteiger partial charge in [-0.3, -0.25) is 0 Å². The fraction of sp³-hybridized carbons (Fsp3) is 0.818. The molecule has 1 aromatic heterocycles. The van der Waals surface area contributed by atoms with Gasteiger partial charge in [-0.2, -0.15) is 4.98 Å². The predicted molar refractivity (Wildman–Crippen MR) is 57.0 cm³/mol. The maximum atomic E-state index is 5.31. The highest BCUT2D eigenvalue weighted by molar-refractivity contribution is 5.09. The molecule has 3 rings (SSSR count). The van der Waals surface area contributed by atoms with Crippen LogP contribution in [0.2, 0.25) is 0 Å². The molecule has 1 aromatic rings. The van der Waals surface area contributed by atoms with Crippen LogP contribution in [0.4, 0.5) is 0 Å². The molecule has 2 aliphatic rings. The van der Waals surface area contributed by atoms with Crippen molar-refractivity contribution in [3.8, 4) is 0 Å². The molecule has 0 radical (unpaired) electrons. The Morgan fingerprint density at radius 3 is 2.88 bits per heavy atom. The summed E-state index contributed by atoms with van der Waals surface area (Å²) in [6, 6.07) is 0.167. The maximum absolute atomic E-state index is 5.31. The van der Waals surface area contributed by atoms with Crippen molar-refractivity contribution in [1.29, 1.82) is 0 Å². The fourth-order valence-corrected chi connectivity index (χ4v) is 2.29. The molecular weight excluding hydrogens is 206 g/mol. The quantitative estimate of drug-likeness (QED) is 0.835. The Morgan fingerprint density at radius 1 is 1.44 bits per heavy atom. The van der Waals surface area contributed by atoms with Gasteiger partial charge in [0.1, 0.15) is 0 Å². The van der Waals surface area contributed by atoms with Gasteiger partial charge in [0.25, 0.3) is 0 Å². The van der Waals surface area contributed by atoms with Gasteiger partial charge < -0.3 is 14.6 Å². The first-order chi connectivity index (χ1) is 7.78. The second-order valence-corrected chi connectivity index (χ2v) is 4.86. The summed E-state index contributed by atoms with van der Waals surface area (Å²) in [5, 5.41) is 7.39. The minimum Gasteiger partial charge on any atom is -0.380 e. The third kappa shape index (κ3) is 1.74. The minimum absolute atomic E-state index is 0.167. The van der Waals surface area contributed by atoms with Gasteiger partial charge in [-0.25, -0.2) is 0 Å². The van der Waals surface area contributed by atoms with Crippen LogP contribution in [0, 0.1) is 5.92 Å². The molecule has 16 heavy (non-hydrogen) atoms. The smallest absolute Gasteiger partial charge is 0.243 e. The molecule has 1 N–H and O–H groups in total. The number of methoxy groups -OCH3 is 1. The van der Waals surface area contributed by atoms with Crippen LogP contribution in [-0.2, 0) is 4.74 Å². The summed E-state index contributed by atoms with van der Waals surface area (Å²) >= 11 is 0. The van der Waals surface area contributed by atoms with E-state index in [1.54, 1.807) is 7.11 Å². The Bertz CT molecular complexity index is 379. The lowest BCUT2D eigenvalue weighted by molar-refractivity contribution is 0.116. The maximum Gasteiger partial charge on any atom is 0.243 e. The van der Waals surface area contributed by atoms with E-state index in [0.29, 0.717) is 17.7 Å². The van der Waals surface area contributed by atoms with Crippen LogP contribution in [0.5, 0.6) is 0 Å². The molecule has 0 aromatic carbocycles. The largest absolute Gasteiger partial charge is 0.380 e. The number of hydrogen-bond donors (Lipinski definition) is 1. The van der Waals surface area contributed by atoms with Gasteiger partial charge in [-0.15, -0.1) is 0 Å². The second-order valence-electron chi connectivity index (χ2n) is 4.86. The van der Waals surface area contributed by atoms with Crippen LogP contribution in [0.15, 0.2) is 4.52 Å². The van der Waals surface area contributed by atoms with Crippen LogP contribution in [0.3, 0.4) is 0 Å². The summed E-state index contributed by atoms with van der Waals surface area (Å²) in [5.41, 5.74) is 0. The van der Waals surface area contributed by atoms with Crippen LogP contribution in [-0.4, -0.2) is 29.9 Å². The Labute approximate surface area is 94.6 Å². The van der Waals surface area contributed by atoms with Crippen molar-refractivity contribution in [3.63, 3.8) is 0 Å². The van der Waals surface area contributed by atoms with Gasteiger partial charge in [0.05, 0.1) is 12.1 Å². The first-order valence-electron chi connectivity index (χ1n) is 5.87. The van der Waals surface area contributed by atoms with Crippen molar-refractivity contribution >= 4 is 0 Å². The van der Waals surface area contributed by atoms with E-state index in [9.17, 15) is 0 Å². The molecule has 5 nitrogen and oxygen atoms in total. The number of aromatic nitrogens is 2. The Morgan fingerprint density at radius 2 is 2.25 bits per heavy atom. The van der Waals surface area contributed by atoms with Crippen molar-refractivity contribution in [2.24, 2.45) is 5.92 Å². The molecule has 0 bridgehead atoms. The normalized spacial score (nSPS) is 37.9. The Hall–Kier alpha value is -0.940. The van der Waals surface area contributed by atoms with E-state index in [2.05, 4.69) is 22.4 Å². The van der Waals surface area contributed by atoms with Gasteiger partial charge in [0, 0.05) is 19.6 Å². The summed E-state index contributed by atoms with van der Waals surface area (Å²) in [7, 11) is 1.74. The van der Waals surface area contributed by atoms with E-state index < -0.39 is 0 Å². The van der Waals surface area contributed by atoms with E-state index in [1.165, 1.54) is 6.42 Å². The highest BCUT2D eigenvalue weighted by Crippen LogP contribution is 2.45. The molecular formula is C11H17N3O2. The molecule has 1 aliphatic carbocycles. The summed E-state index contributed by atoms with van der Waals surface area (Å²) < 4.78 is 10.6. The van der Waals surface area contributed by atoms with Crippen LogP contribution < -0.4 is 5.32 Å². The van der Waals surface area contributed by atoms with E-state index >= 15 is 0 Å². The summed E-state index contributed by atoms with van der Waals surface area (Å²) in [4.78, 5) is 4.48. The monoisotopic (exact) mass is 223 g/mol. The van der Waals surface area contributed by atoms with Crippen LogP contribution in [0.1, 0.15) is 43.4 Å². The highest BCUT2D eigenvalue weighted by atomic mass is 16.5. The van der Waals surface area contributed by atoms with Crippen molar-refractivity contribution in [1.82, 2.24) is 15.5 Å². The molecule has 1 saturated heterocycles. The molecule has 0 spiro atoms. The molecule has 2 heterocycles. The summed E-state index contributed by atoms with van der Waals surface area (Å²) in [6.07, 6.45) is 2.37. The van der Waals surface area contributed by atoms with Gasteiger partial charge in [0.2, 0.25) is 5.89 Å².